The Bertz CT molecular complexity index is 73.8. The van der Waals surface area contributed by atoms with Crippen molar-refractivity contribution in [1.29, 1.82) is 0 Å². The molecule has 0 aliphatic carbocycles. The Morgan fingerprint density at radius 1 is 1.57 bits per heavy atom. The standard InChI is InChI=1S/Li.H4O4P2.H/c;1-6(2,3)4-5;/h;5H2,(H2,1,2,3);. The van der Waals surface area contributed by atoms with Gasteiger partial charge in [-0.3, -0.25) is 4.31 Å². The van der Waals surface area contributed by atoms with Crippen LogP contribution >= 0.6 is 17.3 Å². The van der Waals surface area contributed by atoms with Crippen LogP contribution in [0.3, 0.4) is 0 Å². The van der Waals surface area contributed by atoms with E-state index in [4.69, 9.17) is 9.79 Å². The number of rotatable bonds is 1. The molecule has 40 valence electrons. The molecule has 0 rings (SSSR count). The average Bonchev–Trinajstić information content (AvgIpc) is 1.35. The number of hydrogen-bond acceptors (Lipinski definition) is 2. The summed E-state index contributed by atoms with van der Waals surface area (Å²) < 4.78 is 13.0. The quantitative estimate of drug-likeness (QED) is 0.369. The van der Waals surface area contributed by atoms with Gasteiger partial charge in [0.25, 0.3) is 0 Å². The molecule has 0 spiro atoms. The molecule has 1 atom stereocenters. The first-order valence-corrected chi connectivity index (χ1v) is 3.00. The zero-order chi connectivity index (χ0) is 5.21. The van der Waals surface area contributed by atoms with Gasteiger partial charge in [-0.1, -0.05) is 0 Å². The van der Waals surface area contributed by atoms with Gasteiger partial charge in [-0.25, -0.2) is 4.57 Å². The van der Waals surface area contributed by atoms with Crippen molar-refractivity contribution >= 4 is 36.2 Å². The van der Waals surface area contributed by atoms with Crippen LogP contribution in [-0.4, -0.2) is 28.6 Å². The fourth-order valence-corrected chi connectivity index (χ4v) is 0. The van der Waals surface area contributed by atoms with Crippen LogP contribution in [0.15, 0.2) is 0 Å². The summed E-state index contributed by atoms with van der Waals surface area (Å²) in [5, 5.41) is 0. The van der Waals surface area contributed by atoms with E-state index >= 15 is 0 Å². The van der Waals surface area contributed by atoms with Crippen LogP contribution in [-0.2, 0) is 8.88 Å². The molecular weight excluding hydrogens is 133 g/mol. The van der Waals surface area contributed by atoms with Crippen molar-refractivity contribution in [3.63, 3.8) is 0 Å². The van der Waals surface area contributed by atoms with Crippen molar-refractivity contribution in [2.75, 3.05) is 0 Å². The van der Waals surface area contributed by atoms with E-state index in [2.05, 4.69) is 4.31 Å². The molecule has 7 heavy (non-hydrogen) atoms. The van der Waals surface area contributed by atoms with Gasteiger partial charge in [-0.15, -0.1) is 0 Å². The van der Waals surface area contributed by atoms with Gasteiger partial charge in [0, 0.05) is 9.47 Å². The van der Waals surface area contributed by atoms with Crippen LogP contribution in [0.5, 0.6) is 0 Å². The van der Waals surface area contributed by atoms with Crippen molar-refractivity contribution < 1.29 is 18.7 Å². The molecule has 0 aliphatic heterocycles. The van der Waals surface area contributed by atoms with Gasteiger partial charge in [0.15, 0.2) is 0 Å². The van der Waals surface area contributed by atoms with E-state index in [9.17, 15) is 4.57 Å². The van der Waals surface area contributed by atoms with E-state index < -0.39 is 7.82 Å². The Balaban J connectivity index is 0. The van der Waals surface area contributed by atoms with Crippen molar-refractivity contribution in [2.45, 2.75) is 0 Å². The van der Waals surface area contributed by atoms with Gasteiger partial charge < -0.3 is 9.79 Å². The molecule has 7 heteroatoms. The summed E-state index contributed by atoms with van der Waals surface area (Å²) in [5.74, 6) is 0. The first kappa shape index (κ1) is 11.0. The number of phosphoric acid groups is 1. The molecule has 1 unspecified atom stereocenters. The number of hydrogen-bond donors (Lipinski definition) is 2. The van der Waals surface area contributed by atoms with Crippen LogP contribution in [0.25, 0.3) is 0 Å². The van der Waals surface area contributed by atoms with Crippen molar-refractivity contribution in [3.05, 3.63) is 0 Å². The van der Waals surface area contributed by atoms with Crippen molar-refractivity contribution in [1.82, 2.24) is 0 Å². The fourth-order valence-electron chi connectivity index (χ4n) is 0. The van der Waals surface area contributed by atoms with Gasteiger partial charge in [0.1, 0.15) is 0 Å². The Labute approximate surface area is 55.3 Å². The van der Waals surface area contributed by atoms with Gasteiger partial charge in [-0.2, -0.15) is 0 Å². The second-order valence-corrected chi connectivity index (χ2v) is 2.42. The summed E-state index contributed by atoms with van der Waals surface area (Å²) in [6.07, 6.45) is 0. The summed E-state index contributed by atoms with van der Waals surface area (Å²) in [5.41, 5.74) is 0. The zero-order valence-electron chi connectivity index (χ0n) is 2.74. The van der Waals surface area contributed by atoms with E-state index in [1.54, 1.807) is 0 Å². The molecule has 0 aromatic heterocycles. The van der Waals surface area contributed by atoms with Crippen LogP contribution in [0.2, 0.25) is 0 Å². The van der Waals surface area contributed by atoms with E-state index in [1.165, 1.54) is 9.47 Å². The topological polar surface area (TPSA) is 66.8 Å². The second kappa shape index (κ2) is 4.06. The minimum absolute atomic E-state index is 0. The first-order chi connectivity index (χ1) is 2.56. The molecule has 0 heterocycles. The molecule has 0 bridgehead atoms. The van der Waals surface area contributed by atoms with Crippen molar-refractivity contribution in [3.8, 4) is 0 Å². The average molecular weight is 138 g/mol. The Morgan fingerprint density at radius 2 is 1.71 bits per heavy atom. The second-order valence-electron chi connectivity index (χ2n) is 0.596. The monoisotopic (exact) mass is 138 g/mol. The predicted molar refractivity (Wildman–Crippen MR) is 30.0 cm³/mol. The molecule has 0 fully saturated rings. The Kier molecular flexibility index (Phi) is 6.38. The summed E-state index contributed by atoms with van der Waals surface area (Å²) >= 11 is 0. The summed E-state index contributed by atoms with van der Waals surface area (Å²) in [6.45, 7) is 0. The Hall–Kier alpha value is 1.14. The van der Waals surface area contributed by atoms with Crippen LogP contribution in [0.4, 0.5) is 0 Å². The third kappa shape index (κ3) is 11.0. The summed E-state index contributed by atoms with van der Waals surface area (Å²) in [6, 6.07) is 0. The van der Waals surface area contributed by atoms with Gasteiger partial charge >= 0.3 is 26.7 Å². The van der Waals surface area contributed by atoms with E-state index in [0.29, 0.717) is 0 Å². The SMILES string of the molecule is O=P(O)(O)OP.[LiH]. The molecule has 0 radical (unpaired) electrons. The normalized spacial score (nSPS) is 10.1. The van der Waals surface area contributed by atoms with Gasteiger partial charge in [0.05, 0.1) is 0 Å². The van der Waals surface area contributed by atoms with Gasteiger partial charge in [-0.05, 0) is 0 Å². The molecule has 0 aromatic rings. The maximum atomic E-state index is 9.45. The fraction of sp³-hybridized carbons (Fsp3) is 0. The minimum atomic E-state index is -4.18. The molecule has 0 amide bonds. The summed E-state index contributed by atoms with van der Waals surface area (Å²) in [4.78, 5) is 15.4. The van der Waals surface area contributed by atoms with E-state index in [0.717, 1.165) is 0 Å². The summed E-state index contributed by atoms with van der Waals surface area (Å²) in [7, 11) is -2.72. The van der Waals surface area contributed by atoms with Crippen LogP contribution in [0.1, 0.15) is 0 Å². The maximum absolute atomic E-state index is 9.45. The van der Waals surface area contributed by atoms with Crippen molar-refractivity contribution in [2.24, 2.45) is 0 Å². The molecule has 4 nitrogen and oxygen atoms in total. The molecule has 0 aliphatic rings. The molecule has 0 saturated carbocycles. The van der Waals surface area contributed by atoms with E-state index in [1.807, 2.05) is 0 Å². The predicted octanol–water partition coefficient (Wildman–Crippen LogP) is -0.763. The van der Waals surface area contributed by atoms with Gasteiger partial charge in [0.2, 0.25) is 0 Å². The first-order valence-electron chi connectivity index (χ1n) is 1.00. The molecule has 0 aromatic carbocycles. The molecule has 2 N–H and O–H groups in total. The van der Waals surface area contributed by atoms with E-state index in [-0.39, 0.29) is 18.9 Å². The molecular formula is H5LiO4P2. The third-order valence-electron chi connectivity index (χ3n) is 0.137. The van der Waals surface area contributed by atoms with Crippen LogP contribution in [0, 0.1) is 0 Å². The molecule has 0 saturated heterocycles. The third-order valence-corrected chi connectivity index (χ3v) is 1.24. The van der Waals surface area contributed by atoms with Crippen LogP contribution < -0.4 is 0 Å². The Morgan fingerprint density at radius 3 is 1.71 bits per heavy atom. The zero-order valence-corrected chi connectivity index (χ0v) is 4.78.